The van der Waals surface area contributed by atoms with Crippen LogP contribution < -0.4 is 4.72 Å². The number of halogens is 1. The Balaban J connectivity index is 3.15. The molecule has 0 spiro atoms. The normalized spacial score (nSPS) is 12.1. The summed E-state index contributed by atoms with van der Waals surface area (Å²) in [6.07, 6.45) is 0. The molecule has 7 heteroatoms. The third kappa shape index (κ3) is 2.69. The Morgan fingerprint density at radius 1 is 1.50 bits per heavy atom. The maximum absolute atomic E-state index is 10.7. The van der Waals surface area contributed by atoms with Gasteiger partial charge in [-0.3, -0.25) is 9.27 Å². The van der Waals surface area contributed by atoms with Gasteiger partial charge >= 0.3 is 5.97 Å². The fourth-order valence-electron chi connectivity index (χ4n) is 0.881. The molecule has 5 nitrogen and oxygen atoms in total. The van der Waals surface area contributed by atoms with E-state index in [0.29, 0.717) is 0 Å². The molecule has 76 valence electrons. The van der Waals surface area contributed by atoms with Gasteiger partial charge in [0.1, 0.15) is 0 Å². The molecule has 3 N–H and O–H groups in total. The minimum Gasteiger partial charge on any atom is -0.478 e. The highest BCUT2D eigenvalue weighted by molar-refractivity contribution is 7.80. The van der Waals surface area contributed by atoms with Crippen molar-refractivity contribution in [2.24, 2.45) is 0 Å². The molecule has 14 heavy (non-hydrogen) atoms. The van der Waals surface area contributed by atoms with Crippen LogP contribution in [0.3, 0.4) is 0 Å². The first-order chi connectivity index (χ1) is 6.50. The third-order valence-electron chi connectivity index (χ3n) is 1.41. The molecule has 1 aromatic carbocycles. The number of rotatable bonds is 3. The lowest BCUT2D eigenvalue weighted by Gasteiger charge is -2.05. The van der Waals surface area contributed by atoms with E-state index >= 15 is 0 Å². The molecular weight excluding hydrogens is 230 g/mol. The van der Waals surface area contributed by atoms with Gasteiger partial charge in [0.05, 0.1) is 11.3 Å². The smallest absolute Gasteiger partial charge is 0.337 e. The van der Waals surface area contributed by atoms with Crippen molar-refractivity contribution in [3.63, 3.8) is 0 Å². The van der Waals surface area contributed by atoms with Crippen molar-refractivity contribution in [2.45, 2.75) is 0 Å². The Morgan fingerprint density at radius 2 is 2.14 bits per heavy atom. The van der Waals surface area contributed by atoms with Crippen LogP contribution in [0.2, 0.25) is 5.02 Å². The van der Waals surface area contributed by atoms with Crippen LogP contribution in [0, 0.1) is 0 Å². The zero-order valence-electron chi connectivity index (χ0n) is 6.73. The fourth-order valence-corrected chi connectivity index (χ4v) is 1.41. The Labute approximate surface area is 87.1 Å². The van der Waals surface area contributed by atoms with Crippen molar-refractivity contribution in [2.75, 3.05) is 4.72 Å². The lowest BCUT2D eigenvalue weighted by molar-refractivity contribution is 0.0698. The second-order valence-electron chi connectivity index (χ2n) is 2.35. The number of anilines is 1. The van der Waals surface area contributed by atoms with E-state index in [-0.39, 0.29) is 16.3 Å². The summed E-state index contributed by atoms with van der Waals surface area (Å²) in [5.74, 6) is -1.20. The minimum absolute atomic E-state index is 0.00540. The van der Waals surface area contributed by atoms with E-state index in [4.69, 9.17) is 21.3 Å². The molecule has 0 aromatic heterocycles. The number of benzene rings is 1. The second-order valence-corrected chi connectivity index (χ2v) is 3.49. The minimum atomic E-state index is -2.32. The molecule has 0 heterocycles. The second kappa shape index (κ2) is 4.41. The van der Waals surface area contributed by atoms with Crippen molar-refractivity contribution in [3.05, 3.63) is 28.8 Å². The number of hydrogen-bond acceptors (Lipinski definition) is 2. The van der Waals surface area contributed by atoms with Crippen LogP contribution in [0.5, 0.6) is 0 Å². The number of carboxylic acids is 1. The number of hydrogen-bond donors (Lipinski definition) is 3. The van der Waals surface area contributed by atoms with Crippen LogP contribution in [0.15, 0.2) is 18.2 Å². The summed E-state index contributed by atoms with van der Waals surface area (Å²) in [5, 5.41) is 8.99. The molecule has 0 aliphatic heterocycles. The average Bonchev–Trinajstić information content (AvgIpc) is 2.01. The van der Waals surface area contributed by atoms with E-state index in [1.165, 1.54) is 18.2 Å². The van der Waals surface area contributed by atoms with Gasteiger partial charge in [-0.2, -0.15) is 0 Å². The van der Waals surface area contributed by atoms with Crippen molar-refractivity contribution in [3.8, 4) is 0 Å². The SMILES string of the molecule is O=C(O)c1ccc(Cl)cc1NS(=O)O. The Morgan fingerprint density at radius 3 is 2.64 bits per heavy atom. The fraction of sp³-hybridized carbons (Fsp3) is 0. The molecule has 0 bridgehead atoms. The first-order valence-corrected chi connectivity index (χ1v) is 4.89. The summed E-state index contributed by atoms with van der Waals surface area (Å²) in [6.45, 7) is 0. The predicted molar refractivity (Wildman–Crippen MR) is 52.8 cm³/mol. The maximum Gasteiger partial charge on any atom is 0.337 e. The summed E-state index contributed by atoms with van der Waals surface area (Å²) in [5.41, 5.74) is -0.109. The number of carbonyl (C=O) groups is 1. The molecule has 0 aliphatic carbocycles. The van der Waals surface area contributed by atoms with Crippen molar-refractivity contribution >= 4 is 34.5 Å². The molecule has 0 aliphatic rings. The first kappa shape index (κ1) is 11.0. The summed E-state index contributed by atoms with van der Waals surface area (Å²) >= 11 is 3.27. The monoisotopic (exact) mass is 235 g/mol. The Kier molecular flexibility index (Phi) is 3.45. The number of aromatic carboxylic acids is 1. The Hall–Kier alpha value is -1.11. The van der Waals surface area contributed by atoms with Crippen molar-refractivity contribution in [1.82, 2.24) is 0 Å². The van der Waals surface area contributed by atoms with Gasteiger partial charge in [0.15, 0.2) is 0 Å². The molecule has 1 unspecified atom stereocenters. The molecule has 1 aromatic rings. The van der Waals surface area contributed by atoms with Crippen molar-refractivity contribution < 1.29 is 18.7 Å². The van der Waals surface area contributed by atoms with Gasteiger partial charge in [0, 0.05) is 5.02 Å². The highest BCUT2D eigenvalue weighted by atomic mass is 35.5. The zero-order valence-corrected chi connectivity index (χ0v) is 8.30. The number of carboxylic acid groups (broad SMARTS) is 1. The highest BCUT2D eigenvalue weighted by Crippen LogP contribution is 2.21. The van der Waals surface area contributed by atoms with Gasteiger partial charge in [-0.05, 0) is 18.2 Å². The molecule has 1 atom stereocenters. The van der Waals surface area contributed by atoms with Crippen LogP contribution in [0.4, 0.5) is 5.69 Å². The largest absolute Gasteiger partial charge is 0.478 e. The molecular formula is C7H6ClNO4S. The van der Waals surface area contributed by atoms with E-state index in [9.17, 15) is 9.00 Å². The molecule has 1 rings (SSSR count). The average molecular weight is 236 g/mol. The highest BCUT2D eigenvalue weighted by Gasteiger charge is 2.11. The van der Waals surface area contributed by atoms with Crippen LogP contribution in [0.1, 0.15) is 10.4 Å². The van der Waals surface area contributed by atoms with E-state index in [1.54, 1.807) is 0 Å². The van der Waals surface area contributed by atoms with Crippen LogP contribution in [-0.2, 0) is 11.3 Å². The van der Waals surface area contributed by atoms with Crippen LogP contribution >= 0.6 is 11.6 Å². The summed E-state index contributed by atoms with van der Waals surface area (Å²) in [4.78, 5) is 10.7. The van der Waals surface area contributed by atoms with Gasteiger partial charge in [0.25, 0.3) is 11.3 Å². The third-order valence-corrected chi connectivity index (χ3v) is 2.04. The van der Waals surface area contributed by atoms with Crippen LogP contribution in [0.25, 0.3) is 0 Å². The molecule has 0 saturated heterocycles. The van der Waals surface area contributed by atoms with Gasteiger partial charge in [-0.25, -0.2) is 9.00 Å². The topological polar surface area (TPSA) is 86.6 Å². The van der Waals surface area contributed by atoms with Gasteiger partial charge in [-0.15, -0.1) is 0 Å². The molecule has 0 fully saturated rings. The standard InChI is InChI=1S/C7H6ClNO4S/c8-4-1-2-5(7(10)11)6(3-4)9-14(12)13/h1-3,9H,(H,10,11)(H,12,13). The van der Waals surface area contributed by atoms with E-state index < -0.39 is 17.2 Å². The predicted octanol–water partition coefficient (Wildman–Crippen LogP) is 1.59. The van der Waals surface area contributed by atoms with Crippen molar-refractivity contribution in [1.29, 1.82) is 0 Å². The van der Waals surface area contributed by atoms with E-state index in [1.807, 2.05) is 0 Å². The lowest BCUT2D eigenvalue weighted by atomic mass is 10.2. The zero-order chi connectivity index (χ0) is 10.7. The van der Waals surface area contributed by atoms with Gasteiger partial charge in [0.2, 0.25) is 0 Å². The molecule has 0 radical (unpaired) electrons. The Bertz CT molecular complexity index is 395. The summed E-state index contributed by atoms with van der Waals surface area (Å²) in [7, 11) is 0. The molecule has 0 saturated carbocycles. The quantitative estimate of drug-likeness (QED) is 0.695. The lowest BCUT2D eigenvalue weighted by Crippen LogP contribution is -2.07. The van der Waals surface area contributed by atoms with Gasteiger partial charge < -0.3 is 5.11 Å². The molecule has 0 amide bonds. The van der Waals surface area contributed by atoms with E-state index in [0.717, 1.165) is 0 Å². The van der Waals surface area contributed by atoms with E-state index in [2.05, 4.69) is 4.72 Å². The maximum atomic E-state index is 10.7. The summed E-state index contributed by atoms with van der Waals surface area (Å²) in [6, 6.07) is 3.90. The van der Waals surface area contributed by atoms with Gasteiger partial charge in [-0.1, -0.05) is 11.6 Å². The first-order valence-electron chi connectivity index (χ1n) is 3.41. The van der Waals surface area contributed by atoms with Crippen LogP contribution in [-0.4, -0.2) is 19.8 Å². The number of nitrogens with one attached hydrogen (secondary N) is 1. The summed E-state index contributed by atoms with van der Waals surface area (Å²) < 4.78 is 21.0.